The van der Waals surface area contributed by atoms with Crippen molar-refractivity contribution in [3.05, 3.63) is 24.2 Å². The predicted octanol–water partition coefficient (Wildman–Crippen LogP) is 1.26. The van der Waals surface area contributed by atoms with Gasteiger partial charge in [-0.25, -0.2) is 0 Å². The fraction of sp³-hybridized carbons (Fsp3) is 0.588. The van der Waals surface area contributed by atoms with Crippen LogP contribution in [0.15, 0.2) is 22.8 Å². The summed E-state index contributed by atoms with van der Waals surface area (Å²) in [7, 11) is 1.46. The van der Waals surface area contributed by atoms with Crippen molar-refractivity contribution in [3.63, 3.8) is 0 Å². The van der Waals surface area contributed by atoms with Gasteiger partial charge in [-0.15, -0.1) is 0 Å². The molecule has 24 heavy (non-hydrogen) atoms. The maximum atomic E-state index is 12.8. The van der Waals surface area contributed by atoms with Crippen molar-refractivity contribution in [3.8, 4) is 0 Å². The second-order valence-electron chi connectivity index (χ2n) is 6.32. The van der Waals surface area contributed by atoms with Crippen LogP contribution in [0.3, 0.4) is 0 Å². The summed E-state index contributed by atoms with van der Waals surface area (Å²) in [4.78, 5) is 39.3. The topological polar surface area (TPSA) is 88.8 Å². The van der Waals surface area contributed by atoms with Gasteiger partial charge in [-0.3, -0.25) is 24.6 Å². The van der Waals surface area contributed by atoms with E-state index in [1.807, 2.05) is 6.92 Å². The van der Waals surface area contributed by atoms with Gasteiger partial charge in [0.25, 0.3) is 0 Å². The molecule has 2 fully saturated rings. The summed E-state index contributed by atoms with van der Waals surface area (Å²) in [5.41, 5.74) is -1.20. The molecule has 0 aliphatic carbocycles. The first-order chi connectivity index (χ1) is 11.5. The van der Waals surface area contributed by atoms with Crippen LogP contribution in [0.5, 0.6) is 0 Å². The normalized spacial score (nSPS) is 32.3. The van der Waals surface area contributed by atoms with E-state index in [0.717, 1.165) is 4.90 Å². The van der Waals surface area contributed by atoms with Crippen LogP contribution in [-0.2, 0) is 19.1 Å². The van der Waals surface area contributed by atoms with E-state index in [-0.39, 0.29) is 18.4 Å². The zero-order valence-electron chi connectivity index (χ0n) is 14.1. The number of nitrogens with one attached hydrogen (secondary N) is 1. The van der Waals surface area contributed by atoms with Crippen LogP contribution in [0.25, 0.3) is 0 Å². The number of hydrogen-bond donors (Lipinski definition) is 1. The minimum Gasteiger partial charge on any atom is -0.468 e. The number of nitrogens with zero attached hydrogens (tertiary/aromatic N) is 1. The number of rotatable bonds is 5. The third kappa shape index (κ3) is 2.18. The molecule has 4 atom stereocenters. The van der Waals surface area contributed by atoms with Crippen LogP contribution in [-0.4, -0.2) is 41.9 Å². The number of fused-ring (bicyclic) bond motifs is 1. The monoisotopic (exact) mass is 334 g/mol. The van der Waals surface area contributed by atoms with E-state index in [0.29, 0.717) is 18.6 Å². The average molecular weight is 334 g/mol. The smallest absolute Gasteiger partial charge is 0.327 e. The van der Waals surface area contributed by atoms with Gasteiger partial charge in [0.05, 0.1) is 30.7 Å². The Kier molecular flexibility index (Phi) is 4.21. The highest BCUT2D eigenvalue weighted by Gasteiger charge is 2.68. The van der Waals surface area contributed by atoms with E-state index < -0.39 is 29.4 Å². The van der Waals surface area contributed by atoms with Crippen LogP contribution in [0.1, 0.15) is 38.5 Å². The lowest BCUT2D eigenvalue weighted by molar-refractivity contribution is -0.156. The van der Waals surface area contributed by atoms with E-state index >= 15 is 0 Å². The highest BCUT2D eigenvalue weighted by molar-refractivity contribution is 6.09. The molecule has 2 amide bonds. The highest BCUT2D eigenvalue weighted by Crippen LogP contribution is 2.50. The molecule has 130 valence electrons. The van der Waals surface area contributed by atoms with Crippen molar-refractivity contribution in [2.24, 2.45) is 11.8 Å². The van der Waals surface area contributed by atoms with Gasteiger partial charge in [0.1, 0.15) is 11.3 Å². The summed E-state index contributed by atoms with van der Waals surface area (Å²) in [5, 5.41) is 3.24. The van der Waals surface area contributed by atoms with Gasteiger partial charge in [0, 0.05) is 7.05 Å². The van der Waals surface area contributed by atoms with Crippen molar-refractivity contribution >= 4 is 17.8 Å². The standard InChI is InChI=1S/C17H22N2O5/c1-4-8-17(16(22)23-5-2)12-11(14(20)19(3)15(12)21)13(18-17)10-7-6-9-24-10/h6-7,9,11-13,18H,4-5,8H2,1-3H3/t11-,12-,13-,17+/m1/s1. The predicted molar refractivity (Wildman–Crippen MR) is 83.6 cm³/mol. The van der Waals surface area contributed by atoms with Crippen molar-refractivity contribution < 1.29 is 23.5 Å². The van der Waals surface area contributed by atoms with Crippen molar-refractivity contribution in [2.45, 2.75) is 38.3 Å². The Morgan fingerprint density at radius 3 is 2.71 bits per heavy atom. The molecule has 0 radical (unpaired) electrons. The molecule has 3 rings (SSSR count). The van der Waals surface area contributed by atoms with Crippen molar-refractivity contribution in [2.75, 3.05) is 13.7 Å². The number of likely N-dealkylation sites (tertiary alicyclic amines) is 1. The first-order valence-electron chi connectivity index (χ1n) is 8.27. The molecule has 0 bridgehead atoms. The van der Waals surface area contributed by atoms with Gasteiger partial charge in [0.15, 0.2) is 0 Å². The van der Waals surface area contributed by atoms with E-state index in [4.69, 9.17) is 9.15 Å². The molecule has 0 aromatic carbocycles. The van der Waals surface area contributed by atoms with Gasteiger partial charge in [-0.2, -0.15) is 0 Å². The quantitative estimate of drug-likeness (QED) is 0.644. The molecule has 7 heteroatoms. The number of hydrogen-bond acceptors (Lipinski definition) is 6. The van der Waals surface area contributed by atoms with Gasteiger partial charge in [-0.1, -0.05) is 13.3 Å². The zero-order chi connectivity index (χ0) is 17.5. The van der Waals surface area contributed by atoms with E-state index in [1.165, 1.54) is 13.3 Å². The Morgan fingerprint density at radius 2 is 2.12 bits per heavy atom. The molecule has 0 saturated carbocycles. The van der Waals surface area contributed by atoms with E-state index in [2.05, 4.69) is 5.32 Å². The minimum absolute atomic E-state index is 0.215. The summed E-state index contributed by atoms with van der Waals surface area (Å²) in [6.45, 7) is 3.87. The molecule has 7 nitrogen and oxygen atoms in total. The number of ether oxygens (including phenoxy) is 1. The Bertz CT molecular complexity index is 656. The van der Waals surface area contributed by atoms with Crippen LogP contribution < -0.4 is 5.32 Å². The summed E-state index contributed by atoms with van der Waals surface area (Å²) >= 11 is 0. The average Bonchev–Trinajstić information content (AvgIpc) is 3.23. The lowest BCUT2D eigenvalue weighted by Crippen LogP contribution is -2.56. The lowest BCUT2D eigenvalue weighted by Gasteiger charge is -2.32. The fourth-order valence-electron chi connectivity index (χ4n) is 4.03. The fourth-order valence-corrected chi connectivity index (χ4v) is 4.03. The molecule has 1 aromatic rings. The molecule has 2 aliphatic rings. The molecule has 2 aliphatic heterocycles. The Morgan fingerprint density at radius 1 is 1.38 bits per heavy atom. The van der Waals surface area contributed by atoms with Gasteiger partial charge in [0.2, 0.25) is 11.8 Å². The van der Waals surface area contributed by atoms with Crippen LogP contribution in [0.2, 0.25) is 0 Å². The second-order valence-corrected chi connectivity index (χ2v) is 6.32. The Hall–Kier alpha value is -2.15. The SMILES string of the molecule is CCC[C@]1(C(=O)OCC)N[C@H](c2ccco2)[C@@H]2C(=O)N(C)C(=O)[C@@H]21. The van der Waals surface area contributed by atoms with Gasteiger partial charge in [-0.05, 0) is 25.5 Å². The maximum Gasteiger partial charge on any atom is 0.327 e. The molecule has 0 spiro atoms. The Labute approximate surface area is 140 Å². The molecule has 2 saturated heterocycles. The highest BCUT2D eigenvalue weighted by atomic mass is 16.5. The third-order valence-electron chi connectivity index (χ3n) is 5.01. The van der Waals surface area contributed by atoms with Crippen molar-refractivity contribution in [1.82, 2.24) is 10.2 Å². The zero-order valence-corrected chi connectivity index (χ0v) is 14.1. The number of furan rings is 1. The number of carbonyl (C=O) groups is 3. The van der Waals surface area contributed by atoms with Crippen LogP contribution in [0.4, 0.5) is 0 Å². The molecule has 1 aromatic heterocycles. The largest absolute Gasteiger partial charge is 0.468 e. The van der Waals surface area contributed by atoms with Crippen molar-refractivity contribution in [1.29, 1.82) is 0 Å². The molecule has 1 N–H and O–H groups in total. The maximum absolute atomic E-state index is 12.8. The molecular weight excluding hydrogens is 312 g/mol. The summed E-state index contributed by atoms with van der Waals surface area (Å²) in [5.74, 6) is -2.00. The molecule has 3 heterocycles. The van der Waals surface area contributed by atoms with Gasteiger partial charge < -0.3 is 9.15 Å². The van der Waals surface area contributed by atoms with E-state index in [1.54, 1.807) is 19.1 Å². The first-order valence-corrected chi connectivity index (χ1v) is 8.27. The number of imide groups is 1. The number of esters is 1. The number of amides is 2. The van der Waals surface area contributed by atoms with E-state index in [9.17, 15) is 14.4 Å². The second kappa shape index (κ2) is 6.05. The molecular formula is C17H22N2O5. The van der Waals surface area contributed by atoms with Crippen LogP contribution in [0, 0.1) is 11.8 Å². The van der Waals surface area contributed by atoms with Gasteiger partial charge >= 0.3 is 5.97 Å². The lowest BCUT2D eigenvalue weighted by atomic mass is 9.77. The third-order valence-corrected chi connectivity index (χ3v) is 5.01. The minimum atomic E-state index is -1.20. The number of carbonyl (C=O) groups excluding carboxylic acids is 3. The van der Waals surface area contributed by atoms with Crippen LogP contribution >= 0.6 is 0 Å². The summed E-state index contributed by atoms with van der Waals surface area (Å²) in [6, 6.07) is 2.95. The molecule has 0 unspecified atom stereocenters. The summed E-state index contributed by atoms with van der Waals surface area (Å²) < 4.78 is 10.7. The first kappa shape index (κ1) is 16.7. The Balaban J connectivity index is 2.10. The summed E-state index contributed by atoms with van der Waals surface area (Å²) in [6.07, 6.45) is 2.60.